The van der Waals surface area contributed by atoms with E-state index in [9.17, 15) is 18.7 Å². The molecular weight excluding hydrogens is 218 g/mol. The zero-order valence-electron chi connectivity index (χ0n) is 8.94. The quantitative estimate of drug-likeness (QED) is 0.635. The second-order valence-electron chi connectivity index (χ2n) is 3.22. The van der Waals surface area contributed by atoms with Crippen molar-refractivity contribution in [1.29, 1.82) is 0 Å². The molecule has 0 fully saturated rings. The van der Waals surface area contributed by atoms with E-state index in [4.69, 9.17) is 0 Å². The van der Waals surface area contributed by atoms with Gasteiger partial charge in [-0.2, -0.15) is 5.10 Å². The van der Waals surface area contributed by atoms with Crippen LogP contribution in [0.1, 0.15) is 18.2 Å². The van der Waals surface area contributed by atoms with Crippen LogP contribution in [0, 0.1) is 6.92 Å². The van der Waals surface area contributed by atoms with Gasteiger partial charge in [-0.1, -0.05) is 0 Å². The van der Waals surface area contributed by atoms with Gasteiger partial charge in [0.1, 0.15) is 5.76 Å². The molecule has 0 spiro atoms. The molecule has 16 heavy (non-hydrogen) atoms. The maximum absolute atomic E-state index is 12.0. The van der Waals surface area contributed by atoms with Gasteiger partial charge in [-0.05, 0) is 13.8 Å². The van der Waals surface area contributed by atoms with Gasteiger partial charge in [0.15, 0.2) is 0 Å². The molecule has 1 aromatic rings. The highest BCUT2D eigenvalue weighted by molar-refractivity contribution is 5.97. The van der Waals surface area contributed by atoms with Crippen molar-refractivity contribution < 1.29 is 18.7 Å². The van der Waals surface area contributed by atoms with Gasteiger partial charge >= 0.3 is 0 Å². The third-order valence-corrected chi connectivity index (χ3v) is 2.04. The molecule has 4 nitrogen and oxygen atoms in total. The van der Waals surface area contributed by atoms with E-state index >= 15 is 0 Å². The number of carbonyl (C=O) groups excluding carboxylic acids is 1. The highest BCUT2D eigenvalue weighted by Gasteiger charge is 2.16. The maximum Gasteiger partial charge on any atom is 0.300 e. The van der Waals surface area contributed by atoms with Crippen LogP contribution in [0.5, 0.6) is 0 Å². The van der Waals surface area contributed by atoms with Gasteiger partial charge < -0.3 is 5.11 Å². The van der Waals surface area contributed by atoms with Crippen molar-refractivity contribution in [3.63, 3.8) is 0 Å². The number of aromatic nitrogens is 2. The predicted octanol–water partition coefficient (Wildman–Crippen LogP) is 1.94. The lowest BCUT2D eigenvalue weighted by Gasteiger charge is -1.97. The first kappa shape index (κ1) is 12.4. The third-order valence-electron chi connectivity index (χ3n) is 2.04. The zero-order chi connectivity index (χ0) is 12.3. The van der Waals surface area contributed by atoms with Crippen LogP contribution in [0.25, 0.3) is 5.76 Å². The van der Waals surface area contributed by atoms with E-state index in [1.165, 1.54) is 6.20 Å². The lowest BCUT2D eigenvalue weighted by molar-refractivity contribution is -0.124. The Hall–Kier alpha value is -1.72. The number of ketones is 1. The standard InChI is InChI=1S/C10H12F2N2O2/c1-3-14-5-7(6(2)13-14)8(15)4-9(16)10(11)12/h4-5,10,15H,3H2,1-2H3/b8-4-. The van der Waals surface area contributed by atoms with Gasteiger partial charge in [-0.25, -0.2) is 8.78 Å². The number of aliphatic hydroxyl groups is 1. The van der Waals surface area contributed by atoms with E-state index in [0.29, 0.717) is 18.3 Å². The molecule has 0 aromatic carbocycles. The maximum atomic E-state index is 12.0. The van der Waals surface area contributed by atoms with Crippen LogP contribution < -0.4 is 0 Å². The van der Waals surface area contributed by atoms with E-state index < -0.39 is 18.0 Å². The van der Waals surface area contributed by atoms with Crippen molar-refractivity contribution in [2.45, 2.75) is 26.8 Å². The summed E-state index contributed by atoms with van der Waals surface area (Å²) >= 11 is 0. The first-order chi connectivity index (χ1) is 7.45. The highest BCUT2D eigenvalue weighted by Crippen LogP contribution is 2.15. The minimum Gasteiger partial charge on any atom is -0.507 e. The number of hydrogen-bond donors (Lipinski definition) is 1. The van der Waals surface area contributed by atoms with Crippen LogP contribution in [0.3, 0.4) is 0 Å². The number of nitrogens with zero attached hydrogens (tertiary/aromatic N) is 2. The number of allylic oxidation sites excluding steroid dienone is 1. The van der Waals surface area contributed by atoms with Gasteiger partial charge in [0, 0.05) is 18.8 Å². The smallest absolute Gasteiger partial charge is 0.300 e. The summed E-state index contributed by atoms with van der Waals surface area (Å²) in [6.07, 6.45) is -1.09. The average Bonchev–Trinajstić information content (AvgIpc) is 2.59. The number of hydrogen-bond acceptors (Lipinski definition) is 3. The summed E-state index contributed by atoms with van der Waals surface area (Å²) in [6.45, 7) is 4.07. The van der Waals surface area contributed by atoms with Crippen molar-refractivity contribution in [3.05, 3.63) is 23.5 Å². The first-order valence-electron chi connectivity index (χ1n) is 4.72. The second kappa shape index (κ2) is 4.87. The summed E-state index contributed by atoms with van der Waals surface area (Å²) in [5.74, 6) is -1.90. The van der Waals surface area contributed by atoms with E-state index in [1.807, 2.05) is 6.92 Å². The van der Waals surface area contributed by atoms with E-state index in [2.05, 4.69) is 5.10 Å². The molecule has 0 saturated carbocycles. The fourth-order valence-corrected chi connectivity index (χ4v) is 1.21. The molecule has 1 N–H and O–H groups in total. The molecule has 0 amide bonds. The largest absolute Gasteiger partial charge is 0.507 e. The normalized spacial score (nSPS) is 12.2. The number of halogens is 2. The molecule has 0 aliphatic rings. The molecule has 88 valence electrons. The molecule has 6 heteroatoms. The van der Waals surface area contributed by atoms with Crippen molar-refractivity contribution in [2.24, 2.45) is 0 Å². The fraction of sp³-hybridized carbons (Fsp3) is 0.400. The number of aliphatic hydroxyl groups excluding tert-OH is 1. The van der Waals surface area contributed by atoms with E-state index in [1.54, 1.807) is 11.6 Å². The predicted molar refractivity (Wildman–Crippen MR) is 54.3 cm³/mol. The van der Waals surface area contributed by atoms with Gasteiger partial charge in [0.25, 0.3) is 6.43 Å². The molecule has 0 aliphatic carbocycles. The minimum atomic E-state index is -3.11. The lowest BCUT2D eigenvalue weighted by atomic mass is 10.2. The summed E-state index contributed by atoms with van der Waals surface area (Å²) in [5.41, 5.74) is 0.772. The summed E-state index contributed by atoms with van der Waals surface area (Å²) in [6, 6.07) is 0. The van der Waals surface area contributed by atoms with Crippen molar-refractivity contribution >= 4 is 11.5 Å². The Kier molecular flexibility index (Phi) is 3.76. The van der Waals surface area contributed by atoms with Crippen LogP contribution in [0.15, 0.2) is 12.3 Å². The Morgan fingerprint density at radius 3 is 2.75 bits per heavy atom. The van der Waals surface area contributed by atoms with Gasteiger partial charge in [0.05, 0.1) is 11.3 Å². The topological polar surface area (TPSA) is 55.1 Å². The van der Waals surface area contributed by atoms with Crippen LogP contribution in [-0.4, -0.2) is 27.1 Å². The van der Waals surface area contributed by atoms with Crippen molar-refractivity contribution in [1.82, 2.24) is 9.78 Å². The molecular formula is C10H12F2N2O2. The fourth-order valence-electron chi connectivity index (χ4n) is 1.21. The van der Waals surface area contributed by atoms with E-state index in [0.717, 1.165) is 0 Å². The molecule has 0 saturated heterocycles. The number of aryl methyl sites for hydroxylation is 2. The zero-order valence-corrected chi connectivity index (χ0v) is 8.94. The second-order valence-corrected chi connectivity index (χ2v) is 3.22. The Balaban J connectivity index is 2.99. The molecule has 0 radical (unpaired) electrons. The molecule has 1 aromatic heterocycles. The van der Waals surface area contributed by atoms with Crippen molar-refractivity contribution in [2.75, 3.05) is 0 Å². The molecule has 0 aliphatic heterocycles. The average molecular weight is 230 g/mol. The van der Waals surface area contributed by atoms with E-state index in [-0.39, 0.29) is 5.56 Å². The minimum absolute atomic E-state index is 0.288. The lowest BCUT2D eigenvalue weighted by Crippen LogP contribution is -2.06. The molecule has 0 bridgehead atoms. The summed E-state index contributed by atoms with van der Waals surface area (Å²) in [4.78, 5) is 10.7. The summed E-state index contributed by atoms with van der Waals surface area (Å²) in [7, 11) is 0. The highest BCUT2D eigenvalue weighted by atomic mass is 19.3. The van der Waals surface area contributed by atoms with Crippen LogP contribution in [0.4, 0.5) is 8.78 Å². The number of rotatable bonds is 4. The Morgan fingerprint density at radius 2 is 2.31 bits per heavy atom. The van der Waals surface area contributed by atoms with Crippen LogP contribution in [-0.2, 0) is 11.3 Å². The van der Waals surface area contributed by atoms with Gasteiger partial charge in [-0.3, -0.25) is 9.48 Å². The van der Waals surface area contributed by atoms with Crippen molar-refractivity contribution in [3.8, 4) is 0 Å². The summed E-state index contributed by atoms with van der Waals surface area (Å²) in [5, 5.41) is 13.5. The SMILES string of the molecule is CCn1cc(/C(O)=C/C(=O)C(F)F)c(C)n1. The molecule has 1 heterocycles. The third kappa shape index (κ3) is 2.65. The van der Waals surface area contributed by atoms with Crippen LogP contribution >= 0.6 is 0 Å². The monoisotopic (exact) mass is 230 g/mol. The Morgan fingerprint density at radius 1 is 1.69 bits per heavy atom. The number of alkyl halides is 2. The Bertz CT molecular complexity index is 424. The number of carbonyl (C=O) groups is 1. The molecule has 0 atom stereocenters. The first-order valence-corrected chi connectivity index (χ1v) is 4.72. The van der Waals surface area contributed by atoms with Gasteiger partial charge in [-0.15, -0.1) is 0 Å². The van der Waals surface area contributed by atoms with Crippen LogP contribution in [0.2, 0.25) is 0 Å². The molecule has 0 unspecified atom stereocenters. The Labute approximate surface area is 91.2 Å². The van der Waals surface area contributed by atoms with Gasteiger partial charge in [0.2, 0.25) is 5.78 Å². The summed E-state index contributed by atoms with van der Waals surface area (Å²) < 4.78 is 25.4. The molecule has 1 rings (SSSR count).